The van der Waals surface area contributed by atoms with Gasteiger partial charge >= 0.3 is 5.97 Å². The lowest BCUT2D eigenvalue weighted by Gasteiger charge is -2.29. The highest BCUT2D eigenvalue weighted by molar-refractivity contribution is 5.87. The summed E-state index contributed by atoms with van der Waals surface area (Å²) in [7, 11) is 2.17. The van der Waals surface area contributed by atoms with Crippen molar-refractivity contribution < 1.29 is 9.90 Å². The Labute approximate surface area is 141 Å². The molecule has 1 aromatic carbocycles. The first-order chi connectivity index (χ1) is 11.6. The molecule has 2 aliphatic heterocycles. The Bertz CT molecular complexity index is 766. The van der Waals surface area contributed by atoms with Crippen LogP contribution in [0, 0.1) is 0 Å². The van der Waals surface area contributed by atoms with Crippen molar-refractivity contribution in [1.29, 1.82) is 0 Å². The summed E-state index contributed by atoms with van der Waals surface area (Å²) in [6.07, 6.45) is 3.41. The number of aromatic nitrogens is 2. The average Bonchev–Trinajstić information content (AvgIpc) is 3.17. The molecule has 6 nitrogen and oxygen atoms in total. The summed E-state index contributed by atoms with van der Waals surface area (Å²) < 4.78 is 1.94. The monoisotopic (exact) mass is 326 g/mol. The summed E-state index contributed by atoms with van der Waals surface area (Å²) in [5.74, 6) is 0.648. The molecule has 1 unspecified atom stereocenters. The third-order valence-corrected chi connectivity index (χ3v) is 5.05. The summed E-state index contributed by atoms with van der Waals surface area (Å²) in [6.45, 7) is 3.16. The topological polar surface area (TPSA) is 70.4 Å². The molecular formula is C18H22N4O2. The normalized spacial score (nSPS) is 20.6. The minimum atomic E-state index is -0.906. The summed E-state index contributed by atoms with van der Waals surface area (Å²) in [4.78, 5) is 13.4. The van der Waals surface area contributed by atoms with Gasteiger partial charge in [-0.15, -0.1) is 0 Å². The summed E-state index contributed by atoms with van der Waals surface area (Å²) in [6, 6.07) is 6.92. The van der Waals surface area contributed by atoms with E-state index in [4.69, 9.17) is 10.2 Å². The van der Waals surface area contributed by atoms with Crippen LogP contribution in [-0.4, -0.2) is 52.4 Å². The number of nitrogens with zero attached hydrogens (tertiary/aromatic N) is 3. The highest BCUT2D eigenvalue weighted by Gasteiger charge is 2.29. The van der Waals surface area contributed by atoms with Crippen molar-refractivity contribution in [3.63, 3.8) is 0 Å². The van der Waals surface area contributed by atoms with Crippen molar-refractivity contribution in [2.24, 2.45) is 0 Å². The third kappa shape index (κ3) is 2.57. The van der Waals surface area contributed by atoms with Crippen LogP contribution in [0.25, 0.3) is 5.69 Å². The van der Waals surface area contributed by atoms with E-state index in [1.165, 1.54) is 24.1 Å². The number of piperidine rings is 1. The number of anilines is 1. The zero-order valence-corrected chi connectivity index (χ0v) is 13.8. The quantitative estimate of drug-likeness (QED) is 0.906. The van der Waals surface area contributed by atoms with E-state index >= 15 is 0 Å². The van der Waals surface area contributed by atoms with Crippen molar-refractivity contribution in [2.45, 2.75) is 25.2 Å². The van der Waals surface area contributed by atoms with Crippen LogP contribution >= 0.6 is 0 Å². The van der Waals surface area contributed by atoms with E-state index in [0.29, 0.717) is 11.5 Å². The van der Waals surface area contributed by atoms with E-state index < -0.39 is 5.97 Å². The van der Waals surface area contributed by atoms with Gasteiger partial charge < -0.3 is 15.3 Å². The van der Waals surface area contributed by atoms with Gasteiger partial charge in [0.05, 0.1) is 16.9 Å². The molecule has 2 aliphatic rings. The SMILES string of the molecule is CN1CCCC(c2nn(-c3ccc(C(=O)O)cc3)c3c2CCN3)C1. The standard InChI is InChI=1S/C18H22N4O2/c1-21-10-2-3-13(11-21)16-15-8-9-19-17(15)22(20-16)14-6-4-12(5-7-14)18(23)24/h4-7,13,19H,2-3,8-11H2,1H3,(H,23,24). The number of hydrogen-bond donors (Lipinski definition) is 2. The molecule has 3 heterocycles. The Morgan fingerprint density at radius 3 is 2.83 bits per heavy atom. The molecule has 1 atom stereocenters. The van der Waals surface area contributed by atoms with Gasteiger partial charge in [-0.2, -0.15) is 5.10 Å². The van der Waals surface area contributed by atoms with Crippen LogP contribution in [-0.2, 0) is 6.42 Å². The molecular weight excluding hydrogens is 304 g/mol. The molecule has 2 N–H and O–H groups in total. The van der Waals surface area contributed by atoms with Gasteiger partial charge in [0.2, 0.25) is 0 Å². The Balaban J connectivity index is 1.71. The highest BCUT2D eigenvalue weighted by Crippen LogP contribution is 2.35. The molecule has 6 heteroatoms. The van der Waals surface area contributed by atoms with Crippen molar-refractivity contribution in [2.75, 3.05) is 32.0 Å². The smallest absolute Gasteiger partial charge is 0.335 e. The Hall–Kier alpha value is -2.34. The van der Waals surface area contributed by atoms with Crippen LogP contribution in [0.4, 0.5) is 5.82 Å². The first kappa shape index (κ1) is 15.2. The molecule has 0 saturated carbocycles. The molecule has 0 radical (unpaired) electrons. The van der Waals surface area contributed by atoms with Crippen LogP contribution in [0.3, 0.4) is 0 Å². The van der Waals surface area contributed by atoms with Crippen molar-refractivity contribution in [1.82, 2.24) is 14.7 Å². The Kier molecular flexibility index (Phi) is 3.76. The van der Waals surface area contributed by atoms with Gasteiger partial charge in [0.25, 0.3) is 0 Å². The fraction of sp³-hybridized carbons (Fsp3) is 0.444. The first-order valence-electron chi connectivity index (χ1n) is 8.51. The van der Waals surface area contributed by atoms with Gasteiger partial charge in [-0.1, -0.05) is 0 Å². The molecule has 1 aromatic heterocycles. The maximum absolute atomic E-state index is 11.0. The number of likely N-dealkylation sites (N-methyl/N-ethyl adjacent to an activating group) is 1. The number of rotatable bonds is 3. The predicted octanol–water partition coefficient (Wildman–Crippen LogP) is 2.35. The largest absolute Gasteiger partial charge is 0.478 e. The van der Waals surface area contributed by atoms with E-state index in [-0.39, 0.29) is 0 Å². The molecule has 24 heavy (non-hydrogen) atoms. The average molecular weight is 326 g/mol. The van der Waals surface area contributed by atoms with Crippen LogP contribution in [0.15, 0.2) is 24.3 Å². The van der Waals surface area contributed by atoms with Gasteiger partial charge in [0.15, 0.2) is 0 Å². The van der Waals surface area contributed by atoms with Crippen LogP contribution in [0.2, 0.25) is 0 Å². The van der Waals surface area contributed by atoms with E-state index in [1.54, 1.807) is 12.1 Å². The van der Waals surface area contributed by atoms with Gasteiger partial charge in [-0.25, -0.2) is 9.48 Å². The number of carboxylic acids is 1. The molecule has 1 fully saturated rings. The Morgan fingerprint density at radius 2 is 2.12 bits per heavy atom. The van der Waals surface area contributed by atoms with Gasteiger partial charge in [-0.3, -0.25) is 0 Å². The van der Waals surface area contributed by atoms with Crippen molar-refractivity contribution >= 4 is 11.8 Å². The summed E-state index contributed by atoms with van der Waals surface area (Å²) in [5.41, 5.74) is 3.74. The van der Waals surface area contributed by atoms with E-state index in [0.717, 1.165) is 37.6 Å². The Morgan fingerprint density at radius 1 is 1.33 bits per heavy atom. The fourth-order valence-corrected chi connectivity index (χ4v) is 3.85. The van der Waals surface area contributed by atoms with E-state index in [2.05, 4.69) is 17.3 Å². The van der Waals surface area contributed by atoms with Gasteiger partial charge in [0.1, 0.15) is 5.82 Å². The number of hydrogen-bond acceptors (Lipinski definition) is 4. The van der Waals surface area contributed by atoms with Gasteiger partial charge in [-0.05, 0) is 57.1 Å². The number of benzene rings is 1. The maximum Gasteiger partial charge on any atom is 0.335 e. The second-order valence-corrected chi connectivity index (χ2v) is 6.75. The third-order valence-electron chi connectivity index (χ3n) is 5.05. The number of carbonyl (C=O) groups is 1. The van der Waals surface area contributed by atoms with E-state index in [1.807, 2.05) is 16.8 Å². The zero-order chi connectivity index (χ0) is 16.7. The second-order valence-electron chi connectivity index (χ2n) is 6.75. The predicted molar refractivity (Wildman–Crippen MR) is 92.2 cm³/mol. The van der Waals surface area contributed by atoms with Crippen LogP contribution in [0.1, 0.15) is 40.4 Å². The zero-order valence-electron chi connectivity index (χ0n) is 13.8. The molecule has 0 bridgehead atoms. The minimum Gasteiger partial charge on any atom is -0.478 e. The second kappa shape index (κ2) is 5.94. The molecule has 0 aliphatic carbocycles. The molecule has 4 rings (SSSR count). The first-order valence-corrected chi connectivity index (χ1v) is 8.51. The molecule has 1 saturated heterocycles. The van der Waals surface area contributed by atoms with E-state index in [9.17, 15) is 4.79 Å². The van der Waals surface area contributed by atoms with Gasteiger partial charge in [0, 0.05) is 24.6 Å². The lowest BCUT2D eigenvalue weighted by molar-refractivity contribution is 0.0697. The molecule has 2 aromatic rings. The summed E-state index contributed by atoms with van der Waals surface area (Å²) in [5, 5.41) is 17.4. The fourth-order valence-electron chi connectivity index (χ4n) is 3.85. The molecule has 126 valence electrons. The molecule has 0 amide bonds. The number of likely N-dealkylation sites (tertiary alicyclic amines) is 1. The van der Waals surface area contributed by atoms with Crippen molar-refractivity contribution in [3.8, 4) is 5.69 Å². The number of nitrogens with one attached hydrogen (secondary N) is 1. The van der Waals surface area contributed by atoms with Crippen molar-refractivity contribution in [3.05, 3.63) is 41.1 Å². The summed E-state index contributed by atoms with van der Waals surface area (Å²) >= 11 is 0. The van der Waals surface area contributed by atoms with Crippen LogP contribution in [0.5, 0.6) is 0 Å². The van der Waals surface area contributed by atoms with Crippen LogP contribution < -0.4 is 5.32 Å². The minimum absolute atomic E-state index is 0.296. The maximum atomic E-state index is 11.0. The number of aromatic carboxylic acids is 1. The highest BCUT2D eigenvalue weighted by atomic mass is 16.4. The number of fused-ring (bicyclic) bond motifs is 1. The number of carboxylic acid groups (broad SMARTS) is 1. The lowest BCUT2D eigenvalue weighted by atomic mass is 9.92. The lowest BCUT2D eigenvalue weighted by Crippen LogP contribution is -2.31. The molecule has 0 spiro atoms.